The highest BCUT2D eigenvalue weighted by atomic mass is 16.5. The standard InChI is InChI=1S/C18H28N2O3/c1-12(2)11-16(18(22)23-13(3)4)20-17(21)10-9-14-7-5-6-8-15(14)19/h5-8,12-13,16H,9-11,19H2,1-4H3,(H,20,21)/t16-/m0/s1. The summed E-state index contributed by atoms with van der Waals surface area (Å²) in [4.78, 5) is 24.2. The van der Waals surface area contributed by atoms with Gasteiger partial charge in [0.25, 0.3) is 0 Å². The molecule has 3 N–H and O–H groups in total. The van der Waals surface area contributed by atoms with Crippen molar-refractivity contribution in [3.63, 3.8) is 0 Å². The van der Waals surface area contributed by atoms with E-state index < -0.39 is 6.04 Å². The van der Waals surface area contributed by atoms with Crippen molar-refractivity contribution in [2.75, 3.05) is 5.73 Å². The van der Waals surface area contributed by atoms with Crippen molar-refractivity contribution in [3.05, 3.63) is 29.8 Å². The van der Waals surface area contributed by atoms with Gasteiger partial charge in [-0.25, -0.2) is 4.79 Å². The maximum Gasteiger partial charge on any atom is 0.328 e. The molecule has 5 nitrogen and oxygen atoms in total. The van der Waals surface area contributed by atoms with Crippen LogP contribution in [0.3, 0.4) is 0 Å². The first-order valence-electron chi connectivity index (χ1n) is 8.12. The van der Waals surface area contributed by atoms with Crippen molar-refractivity contribution in [2.45, 2.75) is 59.1 Å². The Bertz CT molecular complexity index is 527. The third kappa shape index (κ3) is 7.17. The van der Waals surface area contributed by atoms with Crippen molar-refractivity contribution in [2.24, 2.45) is 5.92 Å². The van der Waals surface area contributed by atoms with Gasteiger partial charge in [0.2, 0.25) is 5.91 Å². The molecule has 0 radical (unpaired) electrons. The maximum atomic E-state index is 12.2. The molecule has 1 rings (SSSR count). The molecule has 128 valence electrons. The molecule has 0 spiro atoms. The van der Waals surface area contributed by atoms with Gasteiger partial charge in [0.05, 0.1) is 6.10 Å². The Morgan fingerprint density at radius 3 is 2.39 bits per heavy atom. The van der Waals surface area contributed by atoms with Crippen molar-refractivity contribution < 1.29 is 14.3 Å². The summed E-state index contributed by atoms with van der Waals surface area (Å²) in [6.45, 7) is 7.60. The summed E-state index contributed by atoms with van der Waals surface area (Å²) in [5, 5.41) is 2.79. The van der Waals surface area contributed by atoms with E-state index in [0.29, 0.717) is 18.5 Å². The molecule has 0 aliphatic carbocycles. The van der Waals surface area contributed by atoms with E-state index in [1.54, 1.807) is 13.8 Å². The van der Waals surface area contributed by atoms with Gasteiger partial charge >= 0.3 is 5.97 Å². The number of anilines is 1. The van der Waals surface area contributed by atoms with E-state index >= 15 is 0 Å². The fourth-order valence-corrected chi connectivity index (χ4v) is 2.28. The number of carbonyl (C=O) groups is 2. The molecular weight excluding hydrogens is 292 g/mol. The third-order valence-corrected chi connectivity index (χ3v) is 3.36. The Hall–Kier alpha value is -2.04. The molecule has 1 aromatic rings. The lowest BCUT2D eigenvalue weighted by Crippen LogP contribution is -2.43. The minimum absolute atomic E-state index is 0.167. The fourth-order valence-electron chi connectivity index (χ4n) is 2.28. The molecule has 0 aliphatic rings. The topological polar surface area (TPSA) is 81.4 Å². The smallest absolute Gasteiger partial charge is 0.328 e. The molecule has 0 heterocycles. The quantitative estimate of drug-likeness (QED) is 0.570. The number of hydrogen-bond donors (Lipinski definition) is 2. The molecule has 0 saturated carbocycles. The molecule has 1 atom stereocenters. The van der Waals surface area contributed by atoms with Crippen LogP contribution in [-0.2, 0) is 20.7 Å². The highest BCUT2D eigenvalue weighted by Gasteiger charge is 2.24. The molecule has 0 fully saturated rings. The average Bonchev–Trinajstić information content (AvgIpc) is 2.44. The summed E-state index contributed by atoms with van der Waals surface area (Å²) in [5.74, 6) is -0.259. The molecule has 23 heavy (non-hydrogen) atoms. The number of rotatable bonds is 8. The first-order valence-corrected chi connectivity index (χ1v) is 8.12. The van der Waals surface area contributed by atoms with Gasteiger partial charge in [-0.05, 0) is 44.2 Å². The van der Waals surface area contributed by atoms with Crippen LogP contribution in [0.4, 0.5) is 5.69 Å². The van der Waals surface area contributed by atoms with Crippen LogP contribution in [0.2, 0.25) is 0 Å². The van der Waals surface area contributed by atoms with E-state index in [2.05, 4.69) is 5.32 Å². The molecule has 1 aromatic carbocycles. The van der Waals surface area contributed by atoms with Gasteiger partial charge in [-0.1, -0.05) is 32.0 Å². The van der Waals surface area contributed by atoms with E-state index in [1.807, 2.05) is 38.1 Å². The fraction of sp³-hybridized carbons (Fsp3) is 0.556. The Kier molecular flexibility index (Phi) is 7.59. The van der Waals surface area contributed by atoms with Gasteiger partial charge in [-0.2, -0.15) is 0 Å². The first-order chi connectivity index (χ1) is 10.8. The Labute approximate surface area is 138 Å². The summed E-state index contributed by atoms with van der Waals surface area (Å²) in [7, 11) is 0. The van der Waals surface area contributed by atoms with E-state index in [9.17, 15) is 9.59 Å². The summed E-state index contributed by atoms with van der Waals surface area (Å²) >= 11 is 0. The number of carbonyl (C=O) groups excluding carboxylic acids is 2. The molecule has 0 unspecified atom stereocenters. The Morgan fingerprint density at radius 1 is 1.17 bits per heavy atom. The number of nitrogens with two attached hydrogens (primary N) is 1. The van der Waals surface area contributed by atoms with E-state index in [4.69, 9.17) is 10.5 Å². The number of ether oxygens (including phenoxy) is 1. The lowest BCUT2D eigenvalue weighted by atomic mass is 10.0. The number of nitrogens with one attached hydrogen (secondary N) is 1. The minimum atomic E-state index is -0.599. The average molecular weight is 320 g/mol. The zero-order valence-electron chi connectivity index (χ0n) is 14.5. The van der Waals surface area contributed by atoms with Gasteiger partial charge in [-0.15, -0.1) is 0 Å². The largest absolute Gasteiger partial charge is 0.461 e. The number of amides is 1. The van der Waals surface area contributed by atoms with Crippen molar-refractivity contribution in [1.82, 2.24) is 5.32 Å². The van der Waals surface area contributed by atoms with Crippen LogP contribution < -0.4 is 11.1 Å². The van der Waals surface area contributed by atoms with Crippen LogP contribution in [0.15, 0.2) is 24.3 Å². The van der Waals surface area contributed by atoms with Gasteiger partial charge in [0, 0.05) is 12.1 Å². The summed E-state index contributed by atoms with van der Waals surface area (Å²) < 4.78 is 5.22. The summed E-state index contributed by atoms with van der Waals surface area (Å²) in [6.07, 6.45) is 1.20. The van der Waals surface area contributed by atoms with E-state index in [1.165, 1.54) is 0 Å². The zero-order valence-corrected chi connectivity index (χ0v) is 14.5. The minimum Gasteiger partial charge on any atom is -0.461 e. The first kappa shape index (κ1) is 19.0. The van der Waals surface area contributed by atoms with Crippen LogP contribution in [0.25, 0.3) is 0 Å². The summed E-state index contributed by atoms with van der Waals surface area (Å²) in [6, 6.07) is 6.87. The van der Waals surface area contributed by atoms with Gasteiger partial charge in [0.1, 0.15) is 6.04 Å². The molecule has 5 heteroatoms. The second kappa shape index (κ2) is 9.18. The number of benzene rings is 1. The predicted octanol–water partition coefficient (Wildman–Crippen LogP) is 2.68. The van der Waals surface area contributed by atoms with Crippen LogP contribution in [0.5, 0.6) is 0 Å². The highest BCUT2D eigenvalue weighted by Crippen LogP contribution is 2.13. The van der Waals surface area contributed by atoms with Crippen LogP contribution in [0.1, 0.15) is 46.1 Å². The second-order valence-corrected chi connectivity index (χ2v) is 6.43. The number of nitrogen functional groups attached to an aromatic ring is 1. The van der Waals surface area contributed by atoms with E-state index in [-0.39, 0.29) is 30.3 Å². The highest BCUT2D eigenvalue weighted by molar-refractivity contribution is 5.84. The number of esters is 1. The van der Waals surface area contributed by atoms with Crippen LogP contribution in [0, 0.1) is 5.92 Å². The monoisotopic (exact) mass is 320 g/mol. The van der Waals surface area contributed by atoms with Crippen molar-refractivity contribution >= 4 is 17.6 Å². The number of aryl methyl sites for hydroxylation is 1. The third-order valence-electron chi connectivity index (χ3n) is 3.36. The number of para-hydroxylation sites is 1. The van der Waals surface area contributed by atoms with Crippen LogP contribution >= 0.6 is 0 Å². The molecule has 0 bridgehead atoms. The van der Waals surface area contributed by atoms with Crippen molar-refractivity contribution in [3.8, 4) is 0 Å². The Balaban J connectivity index is 2.59. The normalized spacial score (nSPS) is 12.3. The molecular formula is C18H28N2O3. The lowest BCUT2D eigenvalue weighted by Gasteiger charge is -2.20. The maximum absolute atomic E-state index is 12.2. The van der Waals surface area contributed by atoms with Gasteiger partial charge < -0.3 is 15.8 Å². The molecule has 1 amide bonds. The number of hydrogen-bond acceptors (Lipinski definition) is 4. The van der Waals surface area contributed by atoms with Crippen molar-refractivity contribution in [1.29, 1.82) is 0 Å². The summed E-state index contributed by atoms with van der Waals surface area (Å²) in [5.41, 5.74) is 7.49. The van der Waals surface area contributed by atoms with Crippen LogP contribution in [-0.4, -0.2) is 24.0 Å². The molecule has 0 saturated heterocycles. The van der Waals surface area contributed by atoms with E-state index in [0.717, 1.165) is 5.56 Å². The SMILES string of the molecule is CC(C)C[C@H](NC(=O)CCc1ccccc1N)C(=O)OC(C)C. The second-order valence-electron chi connectivity index (χ2n) is 6.43. The zero-order chi connectivity index (χ0) is 17.4. The lowest BCUT2D eigenvalue weighted by molar-refractivity contribution is -0.152. The Morgan fingerprint density at radius 2 is 1.83 bits per heavy atom. The van der Waals surface area contributed by atoms with Gasteiger partial charge in [-0.3, -0.25) is 4.79 Å². The predicted molar refractivity (Wildman–Crippen MR) is 91.8 cm³/mol. The van der Waals surface area contributed by atoms with Gasteiger partial charge in [0.15, 0.2) is 0 Å². The molecule has 0 aromatic heterocycles. The molecule has 0 aliphatic heterocycles.